The lowest BCUT2D eigenvalue weighted by atomic mass is 10.1. The Kier molecular flexibility index (Phi) is 5.02. The number of piperidine rings is 1. The molecule has 2 aromatic rings. The summed E-state index contributed by atoms with van der Waals surface area (Å²) in [4.78, 5) is 28.1. The molecule has 0 radical (unpaired) electrons. The van der Waals surface area contributed by atoms with Crippen LogP contribution in [0.4, 0.5) is 10.7 Å². The van der Waals surface area contributed by atoms with Gasteiger partial charge in [0.1, 0.15) is 5.01 Å². The number of aromatic nitrogens is 3. The lowest BCUT2D eigenvalue weighted by molar-refractivity contribution is 0.234. The van der Waals surface area contributed by atoms with E-state index in [1.54, 1.807) is 29.8 Å². The second-order valence-electron chi connectivity index (χ2n) is 5.53. The standard InChI is InChI=1S/C15H20N6OS/c1-11-8-18-13(23-11)9-19-15(22)20-12-4-2-7-21(10-12)14-16-5-3-6-17-14/h3,5-6,8,12H,2,4,7,9-10H2,1H3,(H2,19,20,22)/t12-/m1/s1. The largest absolute Gasteiger partial charge is 0.339 e. The molecule has 0 saturated carbocycles. The Balaban J connectivity index is 1.48. The number of carbonyl (C=O) groups excluding carboxylic acids is 1. The molecule has 122 valence electrons. The van der Waals surface area contributed by atoms with E-state index < -0.39 is 0 Å². The Morgan fingerprint density at radius 1 is 1.39 bits per heavy atom. The molecule has 0 unspecified atom stereocenters. The summed E-state index contributed by atoms with van der Waals surface area (Å²) in [7, 11) is 0. The van der Waals surface area contributed by atoms with Crippen LogP contribution in [0.3, 0.4) is 0 Å². The molecule has 2 aromatic heterocycles. The lowest BCUT2D eigenvalue weighted by Crippen LogP contribution is -2.50. The van der Waals surface area contributed by atoms with Crippen molar-refractivity contribution in [3.05, 3.63) is 34.5 Å². The van der Waals surface area contributed by atoms with Crippen molar-refractivity contribution in [1.29, 1.82) is 0 Å². The van der Waals surface area contributed by atoms with Crippen molar-refractivity contribution in [2.24, 2.45) is 0 Å². The number of hydrogen-bond donors (Lipinski definition) is 2. The van der Waals surface area contributed by atoms with Gasteiger partial charge in [0.15, 0.2) is 0 Å². The molecule has 0 bridgehead atoms. The number of anilines is 1. The molecule has 0 aromatic carbocycles. The molecule has 3 heterocycles. The van der Waals surface area contributed by atoms with Gasteiger partial charge in [-0.15, -0.1) is 11.3 Å². The predicted molar refractivity (Wildman–Crippen MR) is 89.5 cm³/mol. The highest BCUT2D eigenvalue weighted by Crippen LogP contribution is 2.15. The molecule has 0 spiro atoms. The van der Waals surface area contributed by atoms with Crippen LogP contribution in [-0.2, 0) is 6.54 Å². The van der Waals surface area contributed by atoms with Gasteiger partial charge in [0.05, 0.1) is 6.54 Å². The van der Waals surface area contributed by atoms with E-state index >= 15 is 0 Å². The number of rotatable bonds is 4. The van der Waals surface area contributed by atoms with E-state index in [9.17, 15) is 4.79 Å². The van der Waals surface area contributed by atoms with Gasteiger partial charge in [-0.25, -0.2) is 19.7 Å². The summed E-state index contributed by atoms with van der Waals surface area (Å²) in [5, 5.41) is 6.80. The van der Waals surface area contributed by atoms with Crippen LogP contribution in [-0.4, -0.2) is 40.1 Å². The summed E-state index contributed by atoms with van der Waals surface area (Å²) >= 11 is 1.60. The van der Waals surface area contributed by atoms with E-state index in [4.69, 9.17) is 0 Å². The first-order valence-electron chi connectivity index (χ1n) is 7.68. The van der Waals surface area contributed by atoms with Gasteiger partial charge in [0.25, 0.3) is 0 Å². The molecule has 3 rings (SSSR count). The Morgan fingerprint density at radius 3 is 2.96 bits per heavy atom. The summed E-state index contributed by atoms with van der Waals surface area (Å²) in [6.45, 7) is 4.11. The maximum Gasteiger partial charge on any atom is 0.315 e. The number of nitrogens with zero attached hydrogens (tertiary/aromatic N) is 4. The van der Waals surface area contributed by atoms with Crippen LogP contribution in [0.2, 0.25) is 0 Å². The van der Waals surface area contributed by atoms with Crippen molar-refractivity contribution >= 4 is 23.3 Å². The van der Waals surface area contributed by atoms with E-state index in [1.807, 2.05) is 13.1 Å². The number of aryl methyl sites for hydroxylation is 1. The predicted octanol–water partition coefficient (Wildman–Crippen LogP) is 1.71. The highest BCUT2D eigenvalue weighted by atomic mass is 32.1. The first kappa shape index (κ1) is 15.7. The Bertz CT molecular complexity index is 646. The van der Waals surface area contributed by atoms with Crippen molar-refractivity contribution in [3.8, 4) is 0 Å². The van der Waals surface area contributed by atoms with Gasteiger partial charge < -0.3 is 15.5 Å². The smallest absolute Gasteiger partial charge is 0.315 e. The van der Waals surface area contributed by atoms with Crippen LogP contribution in [0.25, 0.3) is 0 Å². The Hall–Kier alpha value is -2.22. The van der Waals surface area contributed by atoms with E-state index in [0.29, 0.717) is 6.54 Å². The fourth-order valence-corrected chi connectivity index (χ4v) is 3.33. The van der Waals surface area contributed by atoms with Crippen LogP contribution >= 0.6 is 11.3 Å². The fraction of sp³-hybridized carbons (Fsp3) is 0.467. The van der Waals surface area contributed by atoms with E-state index in [-0.39, 0.29) is 12.1 Å². The minimum absolute atomic E-state index is 0.102. The zero-order valence-electron chi connectivity index (χ0n) is 13.0. The third kappa shape index (κ3) is 4.38. The summed E-state index contributed by atoms with van der Waals surface area (Å²) in [5.74, 6) is 0.720. The second kappa shape index (κ2) is 7.36. The normalized spacial score (nSPS) is 17.8. The summed E-state index contributed by atoms with van der Waals surface area (Å²) < 4.78 is 0. The first-order chi connectivity index (χ1) is 11.2. The van der Waals surface area contributed by atoms with Gasteiger partial charge in [0.2, 0.25) is 5.95 Å². The fourth-order valence-electron chi connectivity index (χ4n) is 2.61. The van der Waals surface area contributed by atoms with E-state index in [0.717, 1.165) is 41.8 Å². The molecular weight excluding hydrogens is 312 g/mol. The van der Waals surface area contributed by atoms with Crippen LogP contribution < -0.4 is 15.5 Å². The van der Waals surface area contributed by atoms with Crippen molar-refractivity contribution < 1.29 is 4.79 Å². The summed E-state index contributed by atoms with van der Waals surface area (Å²) in [6, 6.07) is 1.75. The molecule has 2 N–H and O–H groups in total. The molecule has 2 amide bonds. The zero-order valence-corrected chi connectivity index (χ0v) is 13.8. The van der Waals surface area contributed by atoms with Crippen LogP contribution in [0.5, 0.6) is 0 Å². The number of hydrogen-bond acceptors (Lipinski definition) is 6. The number of amides is 2. The zero-order chi connectivity index (χ0) is 16.1. The summed E-state index contributed by atoms with van der Waals surface area (Å²) in [6.07, 6.45) is 7.27. The third-order valence-electron chi connectivity index (χ3n) is 3.66. The number of urea groups is 1. The van der Waals surface area contributed by atoms with Crippen molar-refractivity contribution in [3.63, 3.8) is 0 Å². The quantitative estimate of drug-likeness (QED) is 0.890. The van der Waals surface area contributed by atoms with Gasteiger partial charge >= 0.3 is 6.03 Å². The van der Waals surface area contributed by atoms with Gasteiger partial charge in [-0.1, -0.05) is 0 Å². The van der Waals surface area contributed by atoms with Crippen LogP contribution in [0.1, 0.15) is 22.7 Å². The average Bonchev–Trinajstić information content (AvgIpc) is 3.00. The minimum Gasteiger partial charge on any atom is -0.339 e. The number of thiazole rings is 1. The van der Waals surface area contributed by atoms with Gasteiger partial charge in [0, 0.05) is 42.6 Å². The molecule has 23 heavy (non-hydrogen) atoms. The molecule has 1 aliphatic heterocycles. The van der Waals surface area contributed by atoms with Crippen molar-refractivity contribution in [1.82, 2.24) is 25.6 Å². The molecule has 1 atom stereocenters. The van der Waals surface area contributed by atoms with Gasteiger partial charge in [-0.3, -0.25) is 0 Å². The maximum atomic E-state index is 12.0. The van der Waals surface area contributed by atoms with Crippen molar-refractivity contribution in [2.45, 2.75) is 32.4 Å². The Morgan fingerprint density at radius 2 is 2.22 bits per heavy atom. The third-order valence-corrected chi connectivity index (χ3v) is 4.57. The molecular formula is C15H20N6OS. The molecule has 1 aliphatic rings. The summed E-state index contributed by atoms with van der Waals surface area (Å²) in [5.41, 5.74) is 0. The first-order valence-corrected chi connectivity index (χ1v) is 8.50. The molecule has 1 fully saturated rings. The highest BCUT2D eigenvalue weighted by molar-refractivity contribution is 7.11. The monoisotopic (exact) mass is 332 g/mol. The molecule has 8 heteroatoms. The number of nitrogens with one attached hydrogen (secondary N) is 2. The van der Waals surface area contributed by atoms with E-state index in [2.05, 4.69) is 30.5 Å². The molecule has 0 aliphatic carbocycles. The van der Waals surface area contributed by atoms with Crippen LogP contribution in [0.15, 0.2) is 24.7 Å². The molecule has 7 nitrogen and oxygen atoms in total. The van der Waals surface area contributed by atoms with Crippen LogP contribution in [0, 0.1) is 6.92 Å². The maximum absolute atomic E-state index is 12.0. The Labute approximate surface area is 139 Å². The van der Waals surface area contributed by atoms with Gasteiger partial charge in [-0.05, 0) is 25.8 Å². The average molecular weight is 332 g/mol. The molecule has 1 saturated heterocycles. The number of carbonyl (C=O) groups is 1. The minimum atomic E-state index is -0.154. The SMILES string of the molecule is Cc1cnc(CNC(=O)N[C@@H]2CCCN(c3ncccn3)C2)s1. The second-order valence-corrected chi connectivity index (χ2v) is 6.84. The topological polar surface area (TPSA) is 83.0 Å². The lowest BCUT2D eigenvalue weighted by Gasteiger charge is -2.33. The van der Waals surface area contributed by atoms with Gasteiger partial charge in [-0.2, -0.15) is 0 Å². The van der Waals surface area contributed by atoms with Crippen molar-refractivity contribution in [2.75, 3.05) is 18.0 Å². The van der Waals surface area contributed by atoms with E-state index in [1.165, 1.54) is 0 Å². The highest BCUT2D eigenvalue weighted by Gasteiger charge is 2.22.